The minimum Gasteiger partial charge on any atom is -0.496 e. The van der Waals surface area contributed by atoms with E-state index in [9.17, 15) is 9.59 Å². The van der Waals surface area contributed by atoms with E-state index >= 15 is 0 Å². The fourth-order valence-corrected chi connectivity index (χ4v) is 3.26. The quantitative estimate of drug-likeness (QED) is 0.588. The molecule has 3 aromatic rings. The van der Waals surface area contributed by atoms with E-state index < -0.39 is 5.97 Å². The SMILES string of the molecule is COc1ccccc1CNC(=O)COC(=O)Cc1csc(-c2cccnc2)n1. The maximum absolute atomic E-state index is 12.0. The van der Waals surface area contributed by atoms with E-state index in [1.807, 2.05) is 36.4 Å². The molecule has 0 aliphatic heterocycles. The molecular weight excluding hydrogens is 378 g/mol. The van der Waals surface area contributed by atoms with Gasteiger partial charge in [0.25, 0.3) is 5.91 Å². The second-order valence-electron chi connectivity index (χ2n) is 5.81. The number of nitrogens with one attached hydrogen (secondary N) is 1. The molecule has 28 heavy (non-hydrogen) atoms. The minimum atomic E-state index is -0.504. The Balaban J connectivity index is 1.44. The zero-order valence-electron chi connectivity index (χ0n) is 15.3. The van der Waals surface area contributed by atoms with Gasteiger partial charge in [-0.05, 0) is 18.2 Å². The number of esters is 1. The highest BCUT2D eigenvalue weighted by molar-refractivity contribution is 7.13. The zero-order chi connectivity index (χ0) is 19.8. The number of ether oxygens (including phenoxy) is 2. The number of aromatic nitrogens is 2. The van der Waals surface area contributed by atoms with Crippen molar-refractivity contribution in [2.75, 3.05) is 13.7 Å². The van der Waals surface area contributed by atoms with Crippen LogP contribution in [-0.2, 0) is 27.3 Å². The van der Waals surface area contributed by atoms with Crippen molar-refractivity contribution in [3.63, 3.8) is 0 Å². The molecule has 0 saturated heterocycles. The monoisotopic (exact) mass is 397 g/mol. The van der Waals surface area contributed by atoms with Gasteiger partial charge in [0.2, 0.25) is 0 Å². The lowest BCUT2D eigenvalue weighted by molar-refractivity contribution is -0.147. The molecule has 0 fully saturated rings. The molecular formula is C20H19N3O4S. The van der Waals surface area contributed by atoms with Crippen molar-refractivity contribution < 1.29 is 19.1 Å². The Bertz CT molecular complexity index is 943. The Morgan fingerprint density at radius 3 is 2.82 bits per heavy atom. The summed E-state index contributed by atoms with van der Waals surface area (Å²) in [7, 11) is 1.57. The van der Waals surface area contributed by atoms with E-state index in [-0.39, 0.29) is 18.9 Å². The van der Waals surface area contributed by atoms with Gasteiger partial charge < -0.3 is 14.8 Å². The molecule has 2 heterocycles. The van der Waals surface area contributed by atoms with E-state index in [1.165, 1.54) is 11.3 Å². The van der Waals surface area contributed by atoms with E-state index in [0.29, 0.717) is 18.0 Å². The average Bonchev–Trinajstić information content (AvgIpc) is 3.20. The van der Waals surface area contributed by atoms with Gasteiger partial charge in [-0.15, -0.1) is 11.3 Å². The molecule has 1 aromatic carbocycles. The van der Waals surface area contributed by atoms with Crippen LogP contribution in [0.15, 0.2) is 54.2 Å². The first-order chi connectivity index (χ1) is 13.7. The Hall–Kier alpha value is -3.26. The third-order valence-corrected chi connectivity index (χ3v) is 4.76. The molecule has 144 valence electrons. The van der Waals surface area contributed by atoms with Crippen LogP contribution in [0.3, 0.4) is 0 Å². The summed E-state index contributed by atoms with van der Waals surface area (Å²) in [6.07, 6.45) is 3.41. The summed E-state index contributed by atoms with van der Waals surface area (Å²) < 4.78 is 10.3. The lowest BCUT2D eigenvalue weighted by Gasteiger charge is -2.09. The van der Waals surface area contributed by atoms with E-state index in [2.05, 4.69) is 15.3 Å². The van der Waals surface area contributed by atoms with Gasteiger partial charge >= 0.3 is 5.97 Å². The molecule has 0 radical (unpaired) electrons. The number of carbonyl (C=O) groups is 2. The first-order valence-corrected chi connectivity index (χ1v) is 9.42. The first-order valence-electron chi connectivity index (χ1n) is 8.54. The van der Waals surface area contributed by atoms with E-state index in [0.717, 1.165) is 16.1 Å². The van der Waals surface area contributed by atoms with Gasteiger partial charge in [-0.3, -0.25) is 14.6 Å². The number of methoxy groups -OCH3 is 1. The number of hydrogen-bond acceptors (Lipinski definition) is 7. The normalized spacial score (nSPS) is 10.3. The fraction of sp³-hybridized carbons (Fsp3) is 0.200. The minimum absolute atomic E-state index is 0.0105. The van der Waals surface area contributed by atoms with Crippen LogP contribution in [0.5, 0.6) is 5.75 Å². The number of rotatable bonds is 8. The maximum atomic E-state index is 12.0. The second-order valence-corrected chi connectivity index (χ2v) is 6.67. The number of thiazole rings is 1. The van der Waals surface area contributed by atoms with Gasteiger partial charge in [-0.1, -0.05) is 18.2 Å². The maximum Gasteiger partial charge on any atom is 0.312 e. The first kappa shape index (κ1) is 19.5. The van der Waals surface area contributed by atoms with E-state index in [1.54, 1.807) is 24.9 Å². The summed E-state index contributed by atoms with van der Waals surface area (Å²) in [5.41, 5.74) is 2.33. The lowest BCUT2D eigenvalue weighted by atomic mass is 10.2. The molecule has 1 amide bonds. The summed E-state index contributed by atoms with van der Waals surface area (Å²) in [6.45, 7) is -0.0471. The highest BCUT2D eigenvalue weighted by Crippen LogP contribution is 2.22. The number of para-hydroxylation sites is 1. The molecule has 0 bridgehead atoms. The Morgan fingerprint density at radius 2 is 2.04 bits per heavy atom. The summed E-state index contributed by atoms with van der Waals surface area (Å²) in [4.78, 5) is 32.3. The van der Waals surface area contributed by atoms with Gasteiger partial charge in [0, 0.05) is 35.4 Å². The number of pyridine rings is 1. The summed E-state index contributed by atoms with van der Waals surface area (Å²) >= 11 is 1.43. The molecule has 0 aliphatic carbocycles. The van der Waals surface area contributed by atoms with Crippen molar-refractivity contribution in [2.45, 2.75) is 13.0 Å². The molecule has 0 saturated carbocycles. The number of benzene rings is 1. The van der Waals surface area contributed by atoms with Crippen LogP contribution >= 0.6 is 11.3 Å². The highest BCUT2D eigenvalue weighted by atomic mass is 32.1. The number of carbonyl (C=O) groups excluding carboxylic acids is 2. The molecule has 0 unspecified atom stereocenters. The van der Waals surface area contributed by atoms with Crippen molar-refractivity contribution in [1.29, 1.82) is 0 Å². The van der Waals surface area contributed by atoms with Gasteiger partial charge in [0.1, 0.15) is 10.8 Å². The number of nitrogens with zero attached hydrogens (tertiary/aromatic N) is 2. The van der Waals surface area contributed by atoms with Crippen molar-refractivity contribution in [3.05, 3.63) is 65.4 Å². The summed E-state index contributed by atoms with van der Waals surface area (Å²) in [5, 5.41) is 5.28. The van der Waals surface area contributed by atoms with Crippen molar-refractivity contribution in [3.8, 4) is 16.3 Å². The molecule has 2 aromatic heterocycles. The third-order valence-electron chi connectivity index (χ3n) is 3.82. The predicted molar refractivity (Wildman–Crippen MR) is 105 cm³/mol. The van der Waals surface area contributed by atoms with Crippen LogP contribution in [-0.4, -0.2) is 35.6 Å². The molecule has 3 rings (SSSR count). The smallest absolute Gasteiger partial charge is 0.312 e. The molecule has 0 atom stereocenters. The van der Waals surface area contributed by atoms with Crippen LogP contribution < -0.4 is 10.1 Å². The van der Waals surface area contributed by atoms with Crippen molar-refractivity contribution in [1.82, 2.24) is 15.3 Å². The van der Waals surface area contributed by atoms with Crippen LogP contribution in [0.4, 0.5) is 0 Å². The van der Waals surface area contributed by atoms with Crippen LogP contribution in [0, 0.1) is 0 Å². The Morgan fingerprint density at radius 1 is 1.18 bits per heavy atom. The topological polar surface area (TPSA) is 90.4 Å². The van der Waals surface area contributed by atoms with Gasteiger partial charge in [0.05, 0.1) is 19.2 Å². The van der Waals surface area contributed by atoms with Gasteiger partial charge in [-0.25, -0.2) is 4.98 Å². The number of hydrogen-bond donors (Lipinski definition) is 1. The van der Waals surface area contributed by atoms with Crippen LogP contribution in [0.25, 0.3) is 10.6 Å². The molecule has 0 spiro atoms. The molecule has 7 nitrogen and oxygen atoms in total. The van der Waals surface area contributed by atoms with Gasteiger partial charge in [0.15, 0.2) is 6.61 Å². The number of amides is 1. The van der Waals surface area contributed by atoms with Crippen LogP contribution in [0.2, 0.25) is 0 Å². The average molecular weight is 397 g/mol. The zero-order valence-corrected chi connectivity index (χ0v) is 16.1. The fourth-order valence-electron chi connectivity index (χ4n) is 2.45. The summed E-state index contributed by atoms with van der Waals surface area (Å²) in [6, 6.07) is 11.1. The second kappa shape index (κ2) is 9.61. The Kier molecular flexibility index (Phi) is 6.69. The van der Waals surface area contributed by atoms with E-state index in [4.69, 9.17) is 9.47 Å². The van der Waals surface area contributed by atoms with Crippen LogP contribution in [0.1, 0.15) is 11.3 Å². The third kappa shape index (κ3) is 5.37. The molecule has 8 heteroatoms. The predicted octanol–water partition coefficient (Wildman–Crippen LogP) is 2.62. The summed E-state index contributed by atoms with van der Waals surface area (Å²) in [5.74, 6) is -0.197. The molecule has 0 aliphatic rings. The standard InChI is InChI=1S/C20H19N3O4S/c1-26-17-7-3-2-5-14(17)11-22-18(24)12-27-19(25)9-16-13-28-20(23-16)15-6-4-8-21-10-15/h2-8,10,13H,9,11-12H2,1H3,(H,22,24). The Labute approximate surface area is 166 Å². The van der Waals surface area contributed by atoms with Crippen molar-refractivity contribution >= 4 is 23.2 Å². The highest BCUT2D eigenvalue weighted by Gasteiger charge is 2.12. The van der Waals surface area contributed by atoms with Gasteiger partial charge in [-0.2, -0.15) is 0 Å². The lowest BCUT2D eigenvalue weighted by Crippen LogP contribution is -2.28. The largest absolute Gasteiger partial charge is 0.496 e. The van der Waals surface area contributed by atoms with Crippen molar-refractivity contribution in [2.24, 2.45) is 0 Å². The molecule has 1 N–H and O–H groups in total.